The highest BCUT2D eigenvalue weighted by molar-refractivity contribution is 5.84. The monoisotopic (exact) mass is 781 g/mol. The molecule has 306 valence electrons. The van der Waals surface area contributed by atoms with Crippen LogP contribution in [0.4, 0.5) is 34.1 Å². The zero-order chi connectivity index (χ0) is 42.7. The number of hydrogen-bond acceptors (Lipinski definition) is 2. The van der Waals surface area contributed by atoms with E-state index < -0.39 is 0 Å². The first kappa shape index (κ1) is 42.1. The van der Waals surface area contributed by atoms with Crippen LogP contribution in [0.15, 0.2) is 121 Å². The number of nitrogens with zero attached hydrogens (tertiary/aromatic N) is 2. The Kier molecular flexibility index (Phi) is 11.1. The molecular weight excluding hydrogens is 713 g/mol. The Labute approximate surface area is 357 Å². The third-order valence-electron chi connectivity index (χ3n) is 13.4. The normalized spacial score (nSPS) is 14.3. The first-order valence-electron chi connectivity index (χ1n) is 22.0. The fourth-order valence-electron chi connectivity index (χ4n) is 8.88. The molecule has 0 N–H and O–H groups in total. The molecule has 0 radical (unpaired) electrons. The van der Waals surface area contributed by atoms with Crippen LogP contribution in [-0.4, -0.2) is 0 Å². The number of benzene rings is 6. The molecule has 2 nitrogen and oxygen atoms in total. The van der Waals surface area contributed by atoms with Crippen LogP contribution in [0.5, 0.6) is 0 Å². The molecule has 0 amide bonds. The first-order valence-corrected chi connectivity index (χ1v) is 22.0. The van der Waals surface area contributed by atoms with E-state index in [0.29, 0.717) is 0 Å². The zero-order valence-corrected chi connectivity index (χ0v) is 38.6. The van der Waals surface area contributed by atoms with Crippen LogP contribution in [0.3, 0.4) is 0 Å². The van der Waals surface area contributed by atoms with Crippen molar-refractivity contribution in [3.8, 4) is 11.1 Å². The Morgan fingerprint density at radius 1 is 0.542 bits per heavy atom. The highest BCUT2D eigenvalue weighted by atomic mass is 15.2. The maximum absolute atomic E-state index is 2.49. The number of aryl methyl sites for hydroxylation is 4. The molecule has 2 aliphatic rings. The van der Waals surface area contributed by atoms with Gasteiger partial charge < -0.3 is 9.80 Å². The Hall–Kier alpha value is -5.08. The van der Waals surface area contributed by atoms with Gasteiger partial charge in [-0.25, -0.2) is 0 Å². The maximum Gasteiger partial charge on any atom is 0.0522 e. The summed E-state index contributed by atoms with van der Waals surface area (Å²) in [6.45, 7) is 32.4. The summed E-state index contributed by atoms with van der Waals surface area (Å²) >= 11 is 0. The van der Waals surface area contributed by atoms with E-state index in [-0.39, 0.29) is 21.7 Å². The largest absolute Gasteiger partial charge is 0.310 e. The van der Waals surface area contributed by atoms with Crippen molar-refractivity contribution in [1.82, 2.24) is 0 Å². The summed E-state index contributed by atoms with van der Waals surface area (Å²) in [7, 11) is 0. The summed E-state index contributed by atoms with van der Waals surface area (Å²) in [6.07, 6.45) is 3.22. The summed E-state index contributed by atoms with van der Waals surface area (Å²) in [4.78, 5) is 4.95. The molecule has 0 atom stereocenters. The molecule has 6 aromatic carbocycles. The van der Waals surface area contributed by atoms with Gasteiger partial charge in [0.05, 0.1) is 11.4 Å². The van der Waals surface area contributed by atoms with Crippen LogP contribution < -0.4 is 9.80 Å². The minimum atomic E-state index is 0.0779. The van der Waals surface area contributed by atoms with Crippen LogP contribution in [0.25, 0.3) is 11.1 Å². The van der Waals surface area contributed by atoms with Gasteiger partial charge in [-0.2, -0.15) is 0 Å². The van der Waals surface area contributed by atoms with Crippen molar-refractivity contribution in [2.24, 2.45) is 0 Å². The second-order valence-electron chi connectivity index (χ2n) is 20.7. The molecule has 0 saturated carbocycles. The van der Waals surface area contributed by atoms with Gasteiger partial charge in [0.1, 0.15) is 0 Å². The fraction of sp³-hybridized carbons (Fsp3) is 0.368. The molecule has 0 aliphatic carbocycles. The van der Waals surface area contributed by atoms with E-state index >= 15 is 0 Å². The Balaban J connectivity index is 1.28. The van der Waals surface area contributed by atoms with E-state index in [9.17, 15) is 0 Å². The molecule has 0 unspecified atom stereocenters. The number of hydrogen-bond donors (Lipinski definition) is 0. The molecule has 8 rings (SSSR count). The lowest BCUT2D eigenvalue weighted by Crippen LogP contribution is -2.22. The molecule has 2 bridgehead atoms. The average molecular weight is 781 g/mol. The van der Waals surface area contributed by atoms with Crippen LogP contribution in [0.1, 0.15) is 134 Å². The molecule has 0 fully saturated rings. The van der Waals surface area contributed by atoms with Crippen LogP contribution in [0.2, 0.25) is 0 Å². The van der Waals surface area contributed by atoms with E-state index in [1.54, 1.807) is 0 Å². The summed E-state index contributed by atoms with van der Waals surface area (Å²) < 4.78 is 0. The molecule has 6 aromatic rings. The van der Waals surface area contributed by atoms with Gasteiger partial charge in [0.2, 0.25) is 0 Å². The molecule has 0 saturated heterocycles. The summed E-state index contributed by atoms with van der Waals surface area (Å²) in [5.41, 5.74) is 20.9. The maximum atomic E-state index is 2.49. The third-order valence-corrected chi connectivity index (χ3v) is 13.4. The standard InChI is InChI=1S/C57H68N2/c1-15-56(11,12)44-20-28-50(29-21-44)58(52-38(2)34-46(35-39(52)3)54(5,6)7)48-24-16-41(17-25-48)42-18-26-49(27-19-42)59-51-30-22-45(23-31-51)57(13,14)33-32-43-37-47(55(8,9)10)36-40(4)53(43)59/h16-31,34-37H,15,32-33H2,1-14H3. The number of rotatable bonds is 7. The van der Waals surface area contributed by atoms with Crippen molar-refractivity contribution >= 4 is 34.1 Å². The van der Waals surface area contributed by atoms with Crippen molar-refractivity contribution in [2.45, 2.75) is 138 Å². The minimum Gasteiger partial charge on any atom is -0.310 e. The van der Waals surface area contributed by atoms with Crippen LogP contribution in [-0.2, 0) is 28.1 Å². The lowest BCUT2D eigenvalue weighted by molar-refractivity contribution is 0.479. The van der Waals surface area contributed by atoms with Gasteiger partial charge in [-0.3, -0.25) is 0 Å². The third kappa shape index (κ3) is 8.39. The molecular formula is C57H68N2. The van der Waals surface area contributed by atoms with Gasteiger partial charge in [0, 0.05) is 22.7 Å². The van der Waals surface area contributed by atoms with Gasteiger partial charge in [-0.05, 0) is 166 Å². The summed E-state index contributed by atoms with van der Waals surface area (Å²) in [5, 5.41) is 0. The van der Waals surface area contributed by atoms with E-state index in [1.165, 1.54) is 84.1 Å². The topological polar surface area (TPSA) is 6.48 Å². The van der Waals surface area contributed by atoms with Gasteiger partial charge in [-0.15, -0.1) is 0 Å². The lowest BCUT2D eigenvalue weighted by Gasteiger charge is -2.35. The molecule has 0 aromatic heterocycles. The lowest BCUT2D eigenvalue weighted by atomic mass is 9.77. The Morgan fingerprint density at radius 2 is 0.983 bits per heavy atom. The van der Waals surface area contributed by atoms with Crippen LogP contribution in [0, 0.1) is 20.8 Å². The highest BCUT2D eigenvalue weighted by Crippen LogP contribution is 2.46. The van der Waals surface area contributed by atoms with E-state index in [4.69, 9.17) is 0 Å². The van der Waals surface area contributed by atoms with Crippen molar-refractivity contribution in [1.29, 1.82) is 0 Å². The molecule has 2 heteroatoms. The zero-order valence-electron chi connectivity index (χ0n) is 38.6. The summed E-state index contributed by atoms with van der Waals surface area (Å²) in [6, 6.07) is 46.6. The van der Waals surface area contributed by atoms with Gasteiger partial charge in [0.15, 0.2) is 0 Å². The number of anilines is 6. The van der Waals surface area contributed by atoms with Crippen molar-refractivity contribution in [2.75, 3.05) is 9.80 Å². The predicted molar refractivity (Wildman–Crippen MR) is 258 cm³/mol. The highest BCUT2D eigenvalue weighted by Gasteiger charge is 2.28. The molecule has 2 heterocycles. The average Bonchev–Trinajstić information content (AvgIpc) is 3.19. The molecule has 2 aliphatic heterocycles. The first-order chi connectivity index (χ1) is 27.7. The molecule has 59 heavy (non-hydrogen) atoms. The predicted octanol–water partition coefficient (Wildman–Crippen LogP) is 16.7. The Morgan fingerprint density at radius 3 is 1.47 bits per heavy atom. The SMILES string of the molecule is CCC(C)(C)c1ccc(N(c2ccc(-c3ccc(N4c5ccc(cc5)C(C)(C)CCc5cc(C(C)(C)C)cc(C)c54)cc3)cc2)c2c(C)cc(C(C)(C)C)cc2C)cc1. The second kappa shape index (κ2) is 15.5. The van der Waals surface area contributed by atoms with Gasteiger partial charge in [0.25, 0.3) is 0 Å². The van der Waals surface area contributed by atoms with Crippen LogP contribution >= 0.6 is 0 Å². The smallest absolute Gasteiger partial charge is 0.0522 e. The van der Waals surface area contributed by atoms with Crippen molar-refractivity contribution in [3.05, 3.63) is 166 Å². The quantitative estimate of drug-likeness (QED) is 0.159. The van der Waals surface area contributed by atoms with Gasteiger partial charge in [-0.1, -0.05) is 149 Å². The van der Waals surface area contributed by atoms with Gasteiger partial charge >= 0.3 is 0 Å². The van der Waals surface area contributed by atoms with E-state index in [0.717, 1.165) is 24.9 Å². The second-order valence-corrected chi connectivity index (χ2v) is 20.7. The fourth-order valence-corrected chi connectivity index (χ4v) is 8.88. The Bertz CT molecular complexity index is 2410. The van der Waals surface area contributed by atoms with Crippen molar-refractivity contribution in [3.63, 3.8) is 0 Å². The molecule has 0 spiro atoms. The summed E-state index contributed by atoms with van der Waals surface area (Å²) in [5.74, 6) is 0. The number of fused-ring (bicyclic) bond motifs is 4. The van der Waals surface area contributed by atoms with E-state index in [1.807, 2.05) is 0 Å². The van der Waals surface area contributed by atoms with E-state index in [2.05, 4.69) is 228 Å². The van der Waals surface area contributed by atoms with Crippen molar-refractivity contribution < 1.29 is 0 Å². The minimum absolute atomic E-state index is 0.0779.